The van der Waals surface area contributed by atoms with Gasteiger partial charge in [0.1, 0.15) is 5.82 Å². The molecule has 4 nitrogen and oxygen atoms in total. The van der Waals surface area contributed by atoms with Crippen LogP contribution in [0.15, 0.2) is 58.4 Å². The van der Waals surface area contributed by atoms with Gasteiger partial charge in [0.2, 0.25) is 0 Å². The number of ketones is 1. The van der Waals surface area contributed by atoms with E-state index in [4.69, 9.17) is 17.3 Å². The van der Waals surface area contributed by atoms with Crippen LogP contribution in [0.1, 0.15) is 43.0 Å². The number of halogens is 4. The molecule has 2 aliphatic rings. The first-order chi connectivity index (χ1) is 14.9. The quantitative estimate of drug-likeness (QED) is 0.546. The Morgan fingerprint density at radius 3 is 2.59 bits per heavy atom. The summed E-state index contributed by atoms with van der Waals surface area (Å²) in [6.07, 6.45) is -3.94. The van der Waals surface area contributed by atoms with E-state index in [1.807, 2.05) is 31.4 Å². The Bertz CT molecular complexity index is 1210. The van der Waals surface area contributed by atoms with E-state index in [0.29, 0.717) is 17.7 Å². The average molecular weight is 478 g/mol. The van der Waals surface area contributed by atoms with E-state index in [9.17, 15) is 23.2 Å². The Morgan fingerprint density at radius 2 is 2.00 bits per heavy atom. The van der Waals surface area contributed by atoms with Gasteiger partial charge >= 0.3 is 6.18 Å². The minimum atomic E-state index is -4.59. The van der Waals surface area contributed by atoms with Crippen molar-refractivity contribution in [2.75, 3.05) is 4.90 Å². The topological polar surface area (TPSA) is 70.1 Å². The Hall–Kier alpha value is -2.76. The van der Waals surface area contributed by atoms with Crippen LogP contribution in [0.3, 0.4) is 0 Å². The van der Waals surface area contributed by atoms with Crippen LogP contribution >= 0.6 is 22.9 Å². The summed E-state index contributed by atoms with van der Waals surface area (Å²) in [7, 11) is 0. The van der Waals surface area contributed by atoms with E-state index in [2.05, 4.69) is 6.07 Å². The van der Waals surface area contributed by atoms with E-state index in [-0.39, 0.29) is 34.3 Å². The van der Waals surface area contributed by atoms with Crippen molar-refractivity contribution in [3.63, 3.8) is 0 Å². The smallest absolute Gasteiger partial charge is 0.384 e. The number of nitrogens with two attached hydrogens (primary N) is 1. The van der Waals surface area contributed by atoms with Gasteiger partial charge in [-0.3, -0.25) is 9.69 Å². The fraction of sp³-hybridized carbons (Fsp3) is 0.304. The fourth-order valence-electron chi connectivity index (χ4n) is 4.38. The number of alkyl halides is 3. The van der Waals surface area contributed by atoms with E-state index in [0.717, 1.165) is 23.1 Å². The highest BCUT2D eigenvalue weighted by molar-refractivity contribution is 7.10. The molecule has 1 atom stereocenters. The van der Waals surface area contributed by atoms with Crippen LogP contribution < -0.4 is 10.6 Å². The number of carbonyl (C=O) groups excluding carboxylic acids is 1. The van der Waals surface area contributed by atoms with E-state index >= 15 is 0 Å². The molecule has 0 saturated carbocycles. The molecule has 32 heavy (non-hydrogen) atoms. The zero-order valence-corrected chi connectivity index (χ0v) is 18.8. The average Bonchev–Trinajstić information content (AvgIpc) is 3.20. The van der Waals surface area contributed by atoms with Gasteiger partial charge in [-0.1, -0.05) is 31.5 Å². The van der Waals surface area contributed by atoms with Crippen LogP contribution in [0, 0.1) is 16.7 Å². The van der Waals surface area contributed by atoms with Crippen molar-refractivity contribution in [3.8, 4) is 6.07 Å². The Balaban J connectivity index is 2.02. The molecule has 1 aromatic carbocycles. The number of hydrogen-bond acceptors (Lipinski definition) is 5. The maximum Gasteiger partial charge on any atom is 0.416 e. The van der Waals surface area contributed by atoms with Crippen molar-refractivity contribution in [3.05, 3.63) is 73.8 Å². The minimum absolute atomic E-state index is 0.00521. The number of allylic oxidation sites excluding steroid dienone is 3. The van der Waals surface area contributed by atoms with E-state index in [1.54, 1.807) is 0 Å². The summed E-state index contributed by atoms with van der Waals surface area (Å²) < 4.78 is 40.4. The molecule has 166 valence electrons. The molecule has 0 amide bonds. The number of nitrogens with zero attached hydrogens (tertiary/aromatic N) is 2. The molecular weight excluding hydrogens is 459 g/mol. The molecule has 0 spiro atoms. The number of carbonyl (C=O) groups is 1. The molecule has 9 heteroatoms. The maximum absolute atomic E-state index is 13.5. The van der Waals surface area contributed by atoms with Gasteiger partial charge in [-0.25, -0.2) is 0 Å². The number of hydrogen-bond donors (Lipinski definition) is 1. The number of anilines is 1. The summed E-state index contributed by atoms with van der Waals surface area (Å²) in [6, 6.07) is 8.69. The Kier molecular flexibility index (Phi) is 5.38. The lowest BCUT2D eigenvalue weighted by atomic mass is 9.69. The number of thiophene rings is 1. The van der Waals surface area contributed by atoms with Gasteiger partial charge in [0, 0.05) is 22.6 Å². The Morgan fingerprint density at radius 1 is 1.28 bits per heavy atom. The van der Waals surface area contributed by atoms with E-state index in [1.165, 1.54) is 16.2 Å². The highest BCUT2D eigenvalue weighted by Crippen LogP contribution is 2.52. The van der Waals surface area contributed by atoms with Gasteiger partial charge < -0.3 is 5.73 Å². The zero-order valence-electron chi connectivity index (χ0n) is 17.3. The molecule has 2 aromatic rings. The number of rotatable bonds is 2. The standard InChI is InChI=1S/C23H19ClF3N3OS/c1-22(2)9-16-20(17(31)10-22)19(18-4-3-7-32-18)13(11-28)21(29)30(16)15-8-12(23(25,26)27)5-6-14(15)24/h3-8,19H,9-10,29H2,1-2H3/t19-/m1/s1. The number of Topliss-reactive ketones (excluding diaryl/α,β-unsaturated/α-hetero) is 1. The monoisotopic (exact) mass is 477 g/mol. The van der Waals surface area contributed by atoms with Crippen LogP contribution in [0.25, 0.3) is 0 Å². The third-order valence-electron chi connectivity index (χ3n) is 5.72. The number of benzene rings is 1. The molecule has 1 aromatic heterocycles. The molecule has 0 unspecified atom stereocenters. The third-order valence-corrected chi connectivity index (χ3v) is 6.98. The van der Waals surface area contributed by atoms with Crippen LogP contribution in [-0.4, -0.2) is 5.78 Å². The van der Waals surface area contributed by atoms with Crippen LogP contribution in [-0.2, 0) is 11.0 Å². The molecule has 0 fully saturated rings. The van der Waals surface area contributed by atoms with Crippen molar-refractivity contribution in [1.82, 2.24) is 0 Å². The molecule has 0 radical (unpaired) electrons. The van der Waals surface area contributed by atoms with E-state index < -0.39 is 23.1 Å². The Labute approximate surface area is 192 Å². The lowest BCUT2D eigenvalue weighted by Crippen LogP contribution is -2.42. The van der Waals surface area contributed by atoms with Crippen LogP contribution in [0.5, 0.6) is 0 Å². The largest absolute Gasteiger partial charge is 0.416 e. The van der Waals surface area contributed by atoms with Crippen molar-refractivity contribution in [1.29, 1.82) is 5.26 Å². The van der Waals surface area contributed by atoms with Gasteiger partial charge in [0.05, 0.1) is 33.8 Å². The van der Waals surface area contributed by atoms with Gasteiger partial charge in [0.15, 0.2) is 5.78 Å². The second-order valence-corrected chi connectivity index (χ2v) is 10.0. The lowest BCUT2D eigenvalue weighted by molar-refractivity contribution is -0.137. The van der Waals surface area contributed by atoms with Crippen LogP contribution in [0.2, 0.25) is 5.02 Å². The lowest BCUT2D eigenvalue weighted by Gasteiger charge is -2.43. The van der Waals surface area contributed by atoms with Crippen molar-refractivity contribution in [2.24, 2.45) is 11.1 Å². The molecule has 4 rings (SSSR count). The molecular formula is C23H19ClF3N3OS. The molecule has 1 aliphatic carbocycles. The molecule has 0 saturated heterocycles. The molecule has 0 bridgehead atoms. The minimum Gasteiger partial charge on any atom is -0.384 e. The van der Waals surface area contributed by atoms with Crippen molar-refractivity contribution in [2.45, 2.75) is 38.8 Å². The second kappa shape index (κ2) is 7.68. The normalized spacial score (nSPS) is 21.0. The summed E-state index contributed by atoms with van der Waals surface area (Å²) in [6.45, 7) is 3.83. The SMILES string of the molecule is CC1(C)CC(=O)C2=C(C1)N(c1cc(C(F)(F)F)ccc1Cl)C(N)=C(C#N)[C@@H]2c1cccs1. The summed E-state index contributed by atoms with van der Waals surface area (Å²) in [4.78, 5) is 15.5. The van der Waals surface area contributed by atoms with Gasteiger partial charge in [-0.2, -0.15) is 18.4 Å². The highest BCUT2D eigenvalue weighted by Gasteiger charge is 2.45. The van der Waals surface area contributed by atoms with Crippen LogP contribution in [0.4, 0.5) is 18.9 Å². The van der Waals surface area contributed by atoms with Gasteiger partial charge in [-0.15, -0.1) is 11.3 Å². The molecule has 2 N–H and O–H groups in total. The highest BCUT2D eigenvalue weighted by atomic mass is 35.5. The van der Waals surface area contributed by atoms with Crippen molar-refractivity contribution >= 4 is 34.4 Å². The maximum atomic E-state index is 13.5. The predicted molar refractivity (Wildman–Crippen MR) is 118 cm³/mol. The summed E-state index contributed by atoms with van der Waals surface area (Å²) in [5.41, 5.74) is 6.10. The first kappa shape index (κ1) is 22.4. The van der Waals surface area contributed by atoms with Gasteiger partial charge in [-0.05, 0) is 41.5 Å². The molecule has 1 aliphatic heterocycles. The third kappa shape index (κ3) is 3.70. The van der Waals surface area contributed by atoms with Gasteiger partial charge in [0.25, 0.3) is 0 Å². The zero-order chi connectivity index (χ0) is 23.4. The van der Waals surface area contributed by atoms with Crippen molar-refractivity contribution < 1.29 is 18.0 Å². The first-order valence-electron chi connectivity index (χ1n) is 9.81. The predicted octanol–water partition coefficient (Wildman–Crippen LogP) is 6.36. The summed E-state index contributed by atoms with van der Waals surface area (Å²) in [5, 5.41) is 11.8. The first-order valence-corrected chi connectivity index (χ1v) is 11.1. The summed E-state index contributed by atoms with van der Waals surface area (Å²) in [5.74, 6) is -0.821. The fourth-order valence-corrected chi connectivity index (χ4v) is 5.43. The summed E-state index contributed by atoms with van der Waals surface area (Å²) >= 11 is 7.73. The second-order valence-electron chi connectivity index (χ2n) is 8.66. The number of nitriles is 1. The molecule has 2 heterocycles.